The van der Waals surface area contributed by atoms with Crippen LogP contribution in [0.15, 0.2) is 29.9 Å². The lowest BCUT2D eigenvalue weighted by atomic mass is 10.1. The largest absolute Gasteiger partial charge is 0.444 e. The van der Waals surface area contributed by atoms with Gasteiger partial charge in [-0.1, -0.05) is 6.08 Å². The first-order valence-electron chi connectivity index (χ1n) is 7.03. The second-order valence-electron chi connectivity index (χ2n) is 5.71. The zero-order chi connectivity index (χ0) is 16.6. The number of rotatable bonds is 7. The van der Waals surface area contributed by atoms with Gasteiger partial charge in [0.1, 0.15) is 5.60 Å². The molecular formula is C15H24N4O2S. The summed E-state index contributed by atoms with van der Waals surface area (Å²) in [6, 6.07) is 0. The molecule has 0 aliphatic carbocycles. The van der Waals surface area contributed by atoms with Crippen LogP contribution in [0.5, 0.6) is 0 Å². The molecule has 22 heavy (non-hydrogen) atoms. The number of carbonyl (C=O) groups excluding carboxylic acids is 1. The zero-order valence-electron chi connectivity index (χ0n) is 13.5. The normalized spacial score (nSPS) is 12.4. The van der Waals surface area contributed by atoms with Crippen LogP contribution >= 0.6 is 11.8 Å². The molecule has 0 aliphatic heterocycles. The van der Waals surface area contributed by atoms with Gasteiger partial charge < -0.3 is 15.4 Å². The molecule has 2 N–H and O–H groups in total. The quantitative estimate of drug-likeness (QED) is 0.593. The fraction of sp³-hybridized carbons (Fsp3) is 0.533. The van der Waals surface area contributed by atoms with E-state index in [1.165, 1.54) is 0 Å². The van der Waals surface area contributed by atoms with E-state index in [1.54, 1.807) is 30.2 Å². The summed E-state index contributed by atoms with van der Waals surface area (Å²) in [4.78, 5) is 21.0. The fourth-order valence-corrected chi connectivity index (χ4v) is 1.82. The molecule has 0 fully saturated rings. The van der Waals surface area contributed by atoms with E-state index in [0.29, 0.717) is 19.0 Å². The molecule has 1 aromatic rings. The summed E-state index contributed by atoms with van der Waals surface area (Å²) in [5.74, 6) is 0.610. The highest BCUT2D eigenvalue weighted by molar-refractivity contribution is 7.98. The Morgan fingerprint density at radius 1 is 1.41 bits per heavy atom. The Morgan fingerprint density at radius 2 is 2.05 bits per heavy atom. The first-order valence-corrected chi connectivity index (χ1v) is 8.26. The van der Waals surface area contributed by atoms with Gasteiger partial charge in [0.25, 0.3) is 0 Å². The molecule has 0 saturated carbocycles. The molecule has 1 rings (SSSR count). The Morgan fingerprint density at radius 3 is 2.55 bits per heavy atom. The van der Waals surface area contributed by atoms with Crippen LogP contribution < -0.4 is 10.6 Å². The van der Waals surface area contributed by atoms with Gasteiger partial charge in [-0.2, -0.15) is 0 Å². The monoisotopic (exact) mass is 324 g/mol. The van der Waals surface area contributed by atoms with Gasteiger partial charge in [-0.25, -0.2) is 14.8 Å². The Hall–Kier alpha value is -1.76. The first kappa shape index (κ1) is 18.3. The van der Waals surface area contributed by atoms with Gasteiger partial charge in [-0.3, -0.25) is 0 Å². The second-order valence-corrected chi connectivity index (χ2v) is 6.59. The molecule has 122 valence electrons. The molecule has 1 aromatic heterocycles. The summed E-state index contributed by atoms with van der Waals surface area (Å²) < 4.78 is 5.19. The summed E-state index contributed by atoms with van der Waals surface area (Å²) in [6.07, 6.45) is 6.85. The third-order valence-corrected chi connectivity index (χ3v) is 3.31. The molecule has 6 nitrogen and oxygen atoms in total. The maximum absolute atomic E-state index is 11.6. The van der Waals surface area contributed by atoms with E-state index in [1.807, 2.05) is 27.0 Å². The minimum atomic E-state index is -0.501. The van der Waals surface area contributed by atoms with Gasteiger partial charge in [0, 0.05) is 36.3 Å². The third-order valence-electron chi connectivity index (χ3n) is 2.63. The Balaban J connectivity index is 2.38. The number of carbonyl (C=O) groups is 1. The van der Waals surface area contributed by atoms with Crippen LogP contribution in [0, 0.1) is 5.92 Å². The van der Waals surface area contributed by atoms with Crippen molar-refractivity contribution in [3.63, 3.8) is 0 Å². The third kappa shape index (κ3) is 7.31. The van der Waals surface area contributed by atoms with Crippen molar-refractivity contribution in [2.45, 2.75) is 31.3 Å². The van der Waals surface area contributed by atoms with Crippen LogP contribution in [0.2, 0.25) is 0 Å². The first-order chi connectivity index (χ1) is 10.3. The molecule has 7 heteroatoms. The second kappa shape index (κ2) is 8.63. The molecule has 0 unspecified atom stereocenters. The van der Waals surface area contributed by atoms with E-state index >= 15 is 0 Å². The van der Waals surface area contributed by atoms with Crippen molar-refractivity contribution in [1.29, 1.82) is 0 Å². The van der Waals surface area contributed by atoms with Crippen molar-refractivity contribution in [1.82, 2.24) is 15.3 Å². The van der Waals surface area contributed by atoms with E-state index in [0.717, 1.165) is 4.90 Å². The van der Waals surface area contributed by atoms with Crippen molar-refractivity contribution in [2.75, 3.05) is 24.7 Å². The molecule has 0 saturated heterocycles. The van der Waals surface area contributed by atoms with Crippen LogP contribution in [-0.2, 0) is 4.74 Å². The number of thioether (sulfide) groups is 1. The van der Waals surface area contributed by atoms with E-state index < -0.39 is 11.7 Å². The van der Waals surface area contributed by atoms with Gasteiger partial charge in [-0.15, -0.1) is 18.3 Å². The van der Waals surface area contributed by atoms with Gasteiger partial charge in [0.2, 0.25) is 5.95 Å². The smallest absolute Gasteiger partial charge is 0.407 e. The van der Waals surface area contributed by atoms with Crippen LogP contribution in [0.25, 0.3) is 0 Å². The molecule has 0 aromatic carbocycles. The van der Waals surface area contributed by atoms with E-state index in [2.05, 4.69) is 27.2 Å². The number of hydrogen-bond donors (Lipinski definition) is 2. The van der Waals surface area contributed by atoms with Crippen LogP contribution in [-0.4, -0.2) is 41.0 Å². The van der Waals surface area contributed by atoms with Gasteiger partial charge >= 0.3 is 6.09 Å². The lowest BCUT2D eigenvalue weighted by Crippen LogP contribution is -2.36. The predicted molar refractivity (Wildman–Crippen MR) is 90.2 cm³/mol. The number of amides is 1. The molecule has 0 spiro atoms. The minimum Gasteiger partial charge on any atom is -0.444 e. The summed E-state index contributed by atoms with van der Waals surface area (Å²) in [5, 5.41) is 5.85. The van der Waals surface area contributed by atoms with Gasteiger partial charge in [0.15, 0.2) is 0 Å². The van der Waals surface area contributed by atoms with Crippen molar-refractivity contribution in [2.24, 2.45) is 5.92 Å². The van der Waals surface area contributed by atoms with E-state index in [4.69, 9.17) is 4.74 Å². The number of ether oxygens (including phenoxy) is 1. The van der Waals surface area contributed by atoms with Crippen LogP contribution in [0.4, 0.5) is 10.7 Å². The molecular weight excluding hydrogens is 300 g/mol. The minimum absolute atomic E-state index is 0.0522. The SMILES string of the molecule is C=C[C@H](CNC(=O)OC(C)(C)C)CNc1ncc(SC)cn1. The number of aromatic nitrogens is 2. The molecule has 0 radical (unpaired) electrons. The van der Waals surface area contributed by atoms with Gasteiger partial charge in [-0.05, 0) is 27.0 Å². The molecule has 1 heterocycles. The van der Waals surface area contributed by atoms with Crippen LogP contribution in [0.3, 0.4) is 0 Å². The summed E-state index contributed by atoms with van der Waals surface area (Å²) in [5.41, 5.74) is -0.501. The maximum atomic E-state index is 11.6. The van der Waals surface area contributed by atoms with Crippen molar-refractivity contribution >= 4 is 23.8 Å². The van der Waals surface area contributed by atoms with Crippen molar-refractivity contribution in [3.8, 4) is 0 Å². The highest BCUT2D eigenvalue weighted by atomic mass is 32.2. The number of alkyl carbamates (subject to hydrolysis) is 1. The highest BCUT2D eigenvalue weighted by Gasteiger charge is 2.16. The van der Waals surface area contributed by atoms with Crippen LogP contribution in [0.1, 0.15) is 20.8 Å². The number of nitrogens with zero attached hydrogens (tertiary/aromatic N) is 2. The number of nitrogens with one attached hydrogen (secondary N) is 2. The summed E-state index contributed by atoms with van der Waals surface area (Å²) in [6.45, 7) is 10.3. The Labute approximate surface area is 136 Å². The molecule has 0 bridgehead atoms. The lowest BCUT2D eigenvalue weighted by Gasteiger charge is -2.21. The predicted octanol–water partition coefficient (Wildman–Crippen LogP) is 2.94. The number of hydrogen-bond acceptors (Lipinski definition) is 6. The van der Waals surface area contributed by atoms with Crippen molar-refractivity contribution < 1.29 is 9.53 Å². The topological polar surface area (TPSA) is 76.1 Å². The maximum Gasteiger partial charge on any atom is 0.407 e. The Kier molecular flexibility index (Phi) is 7.17. The average Bonchev–Trinajstić information content (AvgIpc) is 2.46. The van der Waals surface area contributed by atoms with Gasteiger partial charge in [0.05, 0.1) is 0 Å². The summed E-state index contributed by atoms with van der Waals surface area (Å²) >= 11 is 1.59. The Bertz CT molecular complexity index is 485. The fourth-order valence-electron chi connectivity index (χ4n) is 1.50. The van der Waals surface area contributed by atoms with E-state index in [-0.39, 0.29) is 5.92 Å². The lowest BCUT2D eigenvalue weighted by molar-refractivity contribution is 0.0523. The highest BCUT2D eigenvalue weighted by Crippen LogP contribution is 2.12. The average molecular weight is 324 g/mol. The number of anilines is 1. The standard InChI is InChI=1S/C15H24N4O2S/c1-6-11(8-19-14(20)21-15(2,3)4)7-16-13-17-9-12(22-5)10-18-13/h6,9-11H,1,7-8H2,2-5H3,(H,19,20)(H,16,17,18)/t11-/m0/s1. The summed E-state index contributed by atoms with van der Waals surface area (Å²) in [7, 11) is 0. The molecule has 1 amide bonds. The van der Waals surface area contributed by atoms with Crippen molar-refractivity contribution in [3.05, 3.63) is 25.0 Å². The van der Waals surface area contributed by atoms with E-state index in [9.17, 15) is 4.79 Å². The molecule has 0 aliphatic rings. The zero-order valence-corrected chi connectivity index (χ0v) is 14.4. The molecule has 1 atom stereocenters.